The van der Waals surface area contributed by atoms with Crippen LogP contribution in [0.25, 0.3) is 0 Å². The zero-order valence-corrected chi connectivity index (χ0v) is 12.9. The van der Waals surface area contributed by atoms with E-state index in [4.69, 9.17) is 5.73 Å². The number of piperidine rings is 1. The Bertz CT molecular complexity index is 408. The van der Waals surface area contributed by atoms with Crippen LogP contribution in [0.5, 0.6) is 0 Å². The topological polar surface area (TPSA) is 99.2 Å². The molecule has 0 aromatic carbocycles. The summed E-state index contributed by atoms with van der Waals surface area (Å²) in [6.07, 6.45) is 4.06. The standard InChI is InChI=1S/C15H25N4O2/c1-3-8-19-9-6-15(11-16,7-10-19)18-13(20)5-4-12(2)14(17)21/h5,12H,3-4,6-10H2,1-2H3,(H2,17,21)(H,18,20). The molecule has 0 aliphatic carbocycles. The highest BCUT2D eigenvalue weighted by Crippen LogP contribution is 2.22. The van der Waals surface area contributed by atoms with E-state index in [1.807, 2.05) is 0 Å². The van der Waals surface area contributed by atoms with Crippen LogP contribution in [0.15, 0.2) is 0 Å². The molecular weight excluding hydrogens is 268 g/mol. The van der Waals surface area contributed by atoms with Crippen LogP contribution in [0.2, 0.25) is 0 Å². The van der Waals surface area contributed by atoms with Gasteiger partial charge in [-0.25, -0.2) is 0 Å². The van der Waals surface area contributed by atoms with Gasteiger partial charge in [0.05, 0.1) is 12.5 Å². The Morgan fingerprint density at radius 2 is 2.10 bits per heavy atom. The minimum Gasteiger partial charge on any atom is -0.369 e. The summed E-state index contributed by atoms with van der Waals surface area (Å²) in [6.45, 7) is 6.47. The fourth-order valence-electron chi connectivity index (χ4n) is 2.43. The van der Waals surface area contributed by atoms with Crippen LogP contribution in [0, 0.1) is 23.7 Å². The molecule has 1 heterocycles. The molecule has 21 heavy (non-hydrogen) atoms. The Hall–Kier alpha value is -1.61. The van der Waals surface area contributed by atoms with E-state index in [0.29, 0.717) is 19.3 Å². The molecule has 3 N–H and O–H groups in total. The van der Waals surface area contributed by atoms with Gasteiger partial charge in [0.25, 0.3) is 0 Å². The lowest BCUT2D eigenvalue weighted by atomic mass is 9.88. The largest absolute Gasteiger partial charge is 0.369 e. The van der Waals surface area contributed by atoms with E-state index in [1.165, 1.54) is 6.42 Å². The van der Waals surface area contributed by atoms with Gasteiger partial charge >= 0.3 is 0 Å². The summed E-state index contributed by atoms with van der Waals surface area (Å²) in [5.41, 5.74) is 4.37. The van der Waals surface area contributed by atoms with Crippen molar-refractivity contribution < 1.29 is 9.59 Å². The normalized spacial score (nSPS) is 19.5. The predicted molar refractivity (Wildman–Crippen MR) is 79.7 cm³/mol. The smallest absolute Gasteiger partial charge is 0.225 e. The SMILES string of the molecule is CCCN1CCC(C#N)(NC(=O)[CH]CC(C)C(N)=O)CC1. The van der Waals surface area contributed by atoms with Crippen LogP contribution in [0.4, 0.5) is 0 Å². The third-order valence-corrected chi connectivity index (χ3v) is 3.97. The number of likely N-dealkylation sites (tertiary alicyclic amines) is 1. The van der Waals surface area contributed by atoms with E-state index in [0.717, 1.165) is 26.1 Å². The number of nitrogens with one attached hydrogen (secondary N) is 1. The Kier molecular flexibility index (Phi) is 6.63. The molecule has 0 spiro atoms. The molecular formula is C15H25N4O2. The van der Waals surface area contributed by atoms with Crippen LogP contribution in [-0.2, 0) is 9.59 Å². The highest BCUT2D eigenvalue weighted by molar-refractivity contribution is 5.86. The molecule has 1 fully saturated rings. The van der Waals surface area contributed by atoms with Gasteiger partial charge in [-0.1, -0.05) is 13.8 Å². The van der Waals surface area contributed by atoms with Crippen molar-refractivity contribution in [3.63, 3.8) is 0 Å². The average molecular weight is 293 g/mol. The van der Waals surface area contributed by atoms with Crippen LogP contribution in [-0.4, -0.2) is 41.9 Å². The lowest BCUT2D eigenvalue weighted by molar-refractivity contribution is -0.121. The molecule has 0 aromatic rings. The van der Waals surface area contributed by atoms with Gasteiger partial charge in [0.2, 0.25) is 11.8 Å². The fourth-order valence-corrected chi connectivity index (χ4v) is 2.43. The van der Waals surface area contributed by atoms with Gasteiger partial charge in [-0.2, -0.15) is 5.26 Å². The van der Waals surface area contributed by atoms with Gasteiger partial charge in [-0.15, -0.1) is 0 Å². The zero-order chi connectivity index (χ0) is 15.9. The Morgan fingerprint density at radius 3 is 2.57 bits per heavy atom. The molecule has 1 radical (unpaired) electrons. The number of carbonyl (C=O) groups excluding carboxylic acids is 2. The Balaban J connectivity index is 2.45. The first-order valence-electron chi connectivity index (χ1n) is 7.50. The predicted octanol–water partition coefficient (Wildman–Crippen LogP) is 0.587. The van der Waals surface area contributed by atoms with Gasteiger partial charge in [0, 0.05) is 19.0 Å². The number of amides is 2. The summed E-state index contributed by atoms with van der Waals surface area (Å²) >= 11 is 0. The number of primary amides is 1. The maximum Gasteiger partial charge on any atom is 0.225 e. The van der Waals surface area contributed by atoms with Crippen molar-refractivity contribution >= 4 is 11.8 Å². The second kappa shape index (κ2) is 7.99. The monoisotopic (exact) mass is 293 g/mol. The van der Waals surface area contributed by atoms with E-state index in [2.05, 4.69) is 23.2 Å². The van der Waals surface area contributed by atoms with Gasteiger partial charge in [0.1, 0.15) is 5.54 Å². The zero-order valence-electron chi connectivity index (χ0n) is 12.9. The number of nitrogens with two attached hydrogens (primary N) is 1. The molecule has 6 nitrogen and oxygen atoms in total. The summed E-state index contributed by atoms with van der Waals surface area (Å²) in [5.74, 6) is -1.10. The van der Waals surface area contributed by atoms with Crippen molar-refractivity contribution in [3.8, 4) is 6.07 Å². The minimum atomic E-state index is -0.784. The second-order valence-electron chi connectivity index (χ2n) is 5.77. The molecule has 1 aliphatic heterocycles. The molecule has 1 saturated heterocycles. The highest BCUT2D eigenvalue weighted by atomic mass is 16.2. The number of nitriles is 1. The van der Waals surface area contributed by atoms with E-state index < -0.39 is 11.4 Å². The summed E-state index contributed by atoms with van der Waals surface area (Å²) in [7, 11) is 0. The molecule has 6 heteroatoms. The maximum atomic E-state index is 11.9. The van der Waals surface area contributed by atoms with Gasteiger partial charge in [0.15, 0.2) is 0 Å². The Morgan fingerprint density at radius 1 is 1.48 bits per heavy atom. The molecule has 117 valence electrons. The van der Waals surface area contributed by atoms with E-state index in [9.17, 15) is 14.9 Å². The summed E-state index contributed by atoms with van der Waals surface area (Å²) in [6, 6.07) is 2.25. The second-order valence-corrected chi connectivity index (χ2v) is 5.77. The van der Waals surface area contributed by atoms with Crippen molar-refractivity contribution in [1.82, 2.24) is 10.2 Å². The fraction of sp³-hybridized carbons (Fsp3) is 0.733. The van der Waals surface area contributed by atoms with Crippen LogP contribution >= 0.6 is 0 Å². The number of rotatable bonds is 7. The van der Waals surface area contributed by atoms with Crippen LogP contribution in [0.1, 0.15) is 39.5 Å². The maximum absolute atomic E-state index is 11.9. The molecule has 1 aliphatic rings. The lowest BCUT2D eigenvalue weighted by Crippen LogP contribution is -2.54. The molecule has 1 unspecified atom stereocenters. The van der Waals surface area contributed by atoms with Gasteiger partial charge in [-0.05, 0) is 32.2 Å². The highest BCUT2D eigenvalue weighted by Gasteiger charge is 2.35. The molecule has 0 saturated carbocycles. The van der Waals surface area contributed by atoms with E-state index >= 15 is 0 Å². The van der Waals surface area contributed by atoms with Gasteiger partial charge in [-0.3, -0.25) is 9.59 Å². The molecule has 0 aromatic heterocycles. The number of carbonyl (C=O) groups is 2. The van der Waals surface area contributed by atoms with E-state index in [1.54, 1.807) is 6.92 Å². The number of hydrogen-bond donors (Lipinski definition) is 2. The van der Waals surface area contributed by atoms with Crippen molar-refractivity contribution in [2.24, 2.45) is 11.7 Å². The Labute approximate surface area is 126 Å². The van der Waals surface area contributed by atoms with Crippen LogP contribution < -0.4 is 11.1 Å². The van der Waals surface area contributed by atoms with E-state index in [-0.39, 0.29) is 11.8 Å². The van der Waals surface area contributed by atoms with Crippen molar-refractivity contribution in [1.29, 1.82) is 5.26 Å². The third kappa shape index (κ3) is 5.35. The van der Waals surface area contributed by atoms with Crippen molar-refractivity contribution in [3.05, 3.63) is 6.42 Å². The molecule has 0 bridgehead atoms. The first-order chi connectivity index (χ1) is 9.92. The van der Waals surface area contributed by atoms with Crippen LogP contribution in [0.3, 0.4) is 0 Å². The van der Waals surface area contributed by atoms with Gasteiger partial charge < -0.3 is 16.0 Å². The first kappa shape index (κ1) is 17.4. The first-order valence-corrected chi connectivity index (χ1v) is 7.50. The quantitative estimate of drug-likeness (QED) is 0.717. The minimum absolute atomic E-state index is 0.296. The molecule has 1 atom stereocenters. The molecule has 2 amide bonds. The summed E-state index contributed by atoms with van der Waals surface area (Å²) < 4.78 is 0. The summed E-state index contributed by atoms with van der Waals surface area (Å²) in [5, 5.41) is 12.2. The molecule has 1 rings (SSSR count). The number of nitrogens with zero attached hydrogens (tertiary/aromatic N) is 2. The average Bonchev–Trinajstić information content (AvgIpc) is 2.47. The van der Waals surface area contributed by atoms with Crippen molar-refractivity contribution in [2.45, 2.75) is 45.1 Å². The van der Waals surface area contributed by atoms with Crippen molar-refractivity contribution in [2.75, 3.05) is 19.6 Å². The summed E-state index contributed by atoms with van der Waals surface area (Å²) in [4.78, 5) is 25.2. The number of hydrogen-bond acceptors (Lipinski definition) is 4. The third-order valence-electron chi connectivity index (χ3n) is 3.97. The lowest BCUT2D eigenvalue weighted by Gasteiger charge is -2.37.